The number of carbonyl (C=O) groups excluding carboxylic acids is 2. The third kappa shape index (κ3) is 63.9. The first kappa shape index (κ1) is 76.8. The maximum Gasteiger partial charge on any atom is 0.306 e. The molecule has 0 spiro atoms. The second kappa shape index (κ2) is 60.3. The molecule has 0 saturated carbocycles. The van der Waals surface area contributed by atoms with E-state index in [1.807, 2.05) is 21.1 Å². The van der Waals surface area contributed by atoms with Crippen molar-refractivity contribution in [2.24, 2.45) is 0 Å². The third-order valence-electron chi connectivity index (χ3n) is 15.8. The number of quaternary nitrogens is 1. The van der Waals surface area contributed by atoms with E-state index in [0.717, 1.165) is 38.5 Å². The predicted molar refractivity (Wildman–Crippen MR) is 333 cm³/mol. The van der Waals surface area contributed by atoms with Crippen molar-refractivity contribution in [2.75, 3.05) is 47.5 Å². The summed E-state index contributed by atoms with van der Waals surface area (Å²) in [5.41, 5.74) is 0. The van der Waals surface area contributed by atoms with Crippen LogP contribution in [0.2, 0.25) is 0 Å². The molecule has 2 atom stereocenters. The standard InChI is InChI=1S/C68H134NO8P/c1-6-8-10-12-14-16-18-20-22-24-26-28-29-30-31-32-33-34-35-36-37-38-39-41-42-44-46-48-50-52-54-56-58-60-67(70)74-64-66(65-76-78(72,73)75-63-62-69(3,4)5)77-68(71)61-59-57-55-53-51-49-47-45-43-40-27-25-23-21-19-17-15-13-11-9-7-2/h25,27,66H,6-24,26,28-65H2,1-5H3/b27-25-. The van der Waals surface area contributed by atoms with Gasteiger partial charge in [-0.2, -0.15) is 0 Å². The summed E-state index contributed by atoms with van der Waals surface area (Å²) in [4.78, 5) is 38.0. The smallest absolute Gasteiger partial charge is 0.306 e. The van der Waals surface area contributed by atoms with Gasteiger partial charge in [-0.25, -0.2) is 0 Å². The average molecular weight is 1120 g/mol. The molecular weight excluding hydrogens is 990 g/mol. The number of hydrogen-bond acceptors (Lipinski definition) is 8. The molecule has 0 N–H and O–H groups in total. The number of nitrogens with zero attached hydrogens (tertiary/aromatic N) is 1. The fourth-order valence-corrected chi connectivity index (χ4v) is 11.2. The topological polar surface area (TPSA) is 111 Å². The van der Waals surface area contributed by atoms with Gasteiger partial charge in [0.05, 0.1) is 27.7 Å². The van der Waals surface area contributed by atoms with Gasteiger partial charge in [-0.1, -0.05) is 321 Å². The van der Waals surface area contributed by atoms with Crippen LogP contribution in [0.3, 0.4) is 0 Å². The number of unbranched alkanes of at least 4 members (excludes halogenated alkanes) is 49. The summed E-state index contributed by atoms with van der Waals surface area (Å²) in [5.74, 6) is -0.813. The van der Waals surface area contributed by atoms with E-state index in [-0.39, 0.29) is 32.0 Å². The van der Waals surface area contributed by atoms with Gasteiger partial charge < -0.3 is 27.9 Å². The molecule has 0 saturated heterocycles. The lowest BCUT2D eigenvalue weighted by Gasteiger charge is -2.28. The van der Waals surface area contributed by atoms with E-state index in [2.05, 4.69) is 26.0 Å². The first-order valence-corrected chi connectivity index (χ1v) is 35.9. The van der Waals surface area contributed by atoms with Crippen LogP contribution in [0.25, 0.3) is 0 Å². The van der Waals surface area contributed by atoms with Gasteiger partial charge in [-0.3, -0.25) is 14.2 Å². The quantitative estimate of drug-likeness (QED) is 0.0195. The molecule has 0 rings (SSSR count). The Morgan fingerprint density at radius 1 is 0.385 bits per heavy atom. The molecule has 464 valence electrons. The van der Waals surface area contributed by atoms with Crippen molar-refractivity contribution < 1.29 is 42.1 Å². The van der Waals surface area contributed by atoms with Crippen molar-refractivity contribution in [3.05, 3.63) is 12.2 Å². The maximum atomic E-state index is 12.8. The highest BCUT2D eigenvalue weighted by atomic mass is 31.2. The van der Waals surface area contributed by atoms with E-state index >= 15 is 0 Å². The monoisotopic (exact) mass is 1120 g/mol. The molecule has 0 aromatic carbocycles. The van der Waals surface area contributed by atoms with Crippen LogP contribution in [0.1, 0.15) is 361 Å². The Bertz CT molecular complexity index is 1320. The number of ether oxygens (including phenoxy) is 2. The SMILES string of the molecule is CCCCCCCCCC/C=C\CCCCCCCCCCCC(=O)OC(COC(=O)CCCCCCCCCCCCCCCCCCCCCCCCCCCCCCCCCCC)COP(=O)([O-])OCC[N+](C)(C)C. The molecule has 0 aromatic heterocycles. The van der Waals surface area contributed by atoms with E-state index in [0.29, 0.717) is 17.4 Å². The second-order valence-electron chi connectivity index (χ2n) is 24.9. The molecule has 10 heteroatoms. The summed E-state index contributed by atoms with van der Waals surface area (Å²) in [6.07, 6.45) is 73.0. The van der Waals surface area contributed by atoms with Crippen molar-refractivity contribution in [2.45, 2.75) is 367 Å². The molecule has 0 heterocycles. The van der Waals surface area contributed by atoms with Crippen LogP contribution >= 0.6 is 7.82 Å². The first-order chi connectivity index (χ1) is 38.0. The Morgan fingerprint density at radius 3 is 0.949 bits per heavy atom. The number of phosphoric ester groups is 1. The Hall–Kier alpha value is -1.25. The van der Waals surface area contributed by atoms with Crippen molar-refractivity contribution >= 4 is 19.8 Å². The first-order valence-electron chi connectivity index (χ1n) is 34.4. The van der Waals surface area contributed by atoms with Crippen LogP contribution in [0.15, 0.2) is 12.2 Å². The molecule has 0 aliphatic rings. The van der Waals surface area contributed by atoms with Crippen LogP contribution in [0.4, 0.5) is 0 Å². The molecule has 0 aliphatic heterocycles. The van der Waals surface area contributed by atoms with Gasteiger partial charge in [0.25, 0.3) is 7.82 Å². The fraction of sp³-hybridized carbons (Fsp3) is 0.941. The normalized spacial score (nSPS) is 13.2. The summed E-state index contributed by atoms with van der Waals surface area (Å²) in [5, 5.41) is 0. The van der Waals surface area contributed by atoms with Crippen LogP contribution in [0, 0.1) is 0 Å². The van der Waals surface area contributed by atoms with E-state index < -0.39 is 26.5 Å². The van der Waals surface area contributed by atoms with E-state index in [1.165, 1.54) is 289 Å². The Kier molecular flexibility index (Phi) is 59.4. The molecule has 0 aromatic rings. The zero-order valence-corrected chi connectivity index (χ0v) is 53.8. The molecular formula is C68H134NO8P. The van der Waals surface area contributed by atoms with Crippen LogP contribution in [-0.2, 0) is 32.7 Å². The zero-order valence-electron chi connectivity index (χ0n) is 52.9. The number of allylic oxidation sites excluding steroid dienone is 2. The highest BCUT2D eigenvalue weighted by Gasteiger charge is 2.22. The van der Waals surface area contributed by atoms with Crippen molar-refractivity contribution in [1.82, 2.24) is 0 Å². The van der Waals surface area contributed by atoms with E-state index in [9.17, 15) is 19.0 Å². The van der Waals surface area contributed by atoms with Gasteiger partial charge >= 0.3 is 11.9 Å². The molecule has 0 amide bonds. The van der Waals surface area contributed by atoms with E-state index in [4.69, 9.17) is 18.5 Å². The maximum absolute atomic E-state index is 12.8. The van der Waals surface area contributed by atoms with Crippen LogP contribution in [0.5, 0.6) is 0 Å². The second-order valence-corrected chi connectivity index (χ2v) is 26.3. The lowest BCUT2D eigenvalue weighted by atomic mass is 10.0. The third-order valence-corrected chi connectivity index (χ3v) is 16.7. The number of rotatable bonds is 65. The van der Waals surface area contributed by atoms with E-state index in [1.54, 1.807) is 0 Å². The van der Waals surface area contributed by atoms with Crippen LogP contribution in [-0.4, -0.2) is 70.0 Å². The Labute approximate surface area is 486 Å². The lowest BCUT2D eigenvalue weighted by Crippen LogP contribution is -2.37. The minimum Gasteiger partial charge on any atom is -0.756 e. The highest BCUT2D eigenvalue weighted by Crippen LogP contribution is 2.38. The molecule has 78 heavy (non-hydrogen) atoms. The molecule has 0 radical (unpaired) electrons. The Balaban J connectivity index is 3.95. The van der Waals surface area contributed by atoms with Gasteiger partial charge in [-0.05, 0) is 38.5 Å². The summed E-state index contributed by atoms with van der Waals surface area (Å²) in [6, 6.07) is 0. The number of esters is 2. The van der Waals surface area contributed by atoms with Crippen molar-refractivity contribution in [1.29, 1.82) is 0 Å². The average Bonchev–Trinajstić information content (AvgIpc) is 3.41. The number of hydrogen-bond donors (Lipinski definition) is 0. The number of carbonyl (C=O) groups is 2. The minimum atomic E-state index is -4.64. The molecule has 0 bridgehead atoms. The van der Waals surface area contributed by atoms with Gasteiger partial charge in [0.2, 0.25) is 0 Å². The summed E-state index contributed by atoms with van der Waals surface area (Å²) in [7, 11) is 1.19. The summed E-state index contributed by atoms with van der Waals surface area (Å²) >= 11 is 0. The summed E-state index contributed by atoms with van der Waals surface area (Å²) in [6.45, 7) is 4.31. The van der Waals surface area contributed by atoms with Gasteiger partial charge in [0.1, 0.15) is 19.8 Å². The van der Waals surface area contributed by atoms with Gasteiger partial charge in [0.15, 0.2) is 6.10 Å². The fourth-order valence-electron chi connectivity index (χ4n) is 10.5. The number of likely N-dealkylation sites (N-methyl/N-ethyl adjacent to an activating group) is 1. The van der Waals surface area contributed by atoms with Crippen LogP contribution < -0.4 is 4.89 Å². The molecule has 2 unspecified atom stereocenters. The van der Waals surface area contributed by atoms with Crippen molar-refractivity contribution in [3.8, 4) is 0 Å². The Morgan fingerprint density at radius 2 is 0.654 bits per heavy atom. The summed E-state index contributed by atoms with van der Waals surface area (Å²) < 4.78 is 34.3. The van der Waals surface area contributed by atoms with Gasteiger partial charge in [0, 0.05) is 12.8 Å². The molecule has 0 fully saturated rings. The molecule has 0 aliphatic carbocycles. The minimum absolute atomic E-state index is 0.0273. The molecule has 9 nitrogen and oxygen atoms in total. The largest absolute Gasteiger partial charge is 0.756 e. The van der Waals surface area contributed by atoms with Crippen molar-refractivity contribution in [3.63, 3.8) is 0 Å². The predicted octanol–water partition coefficient (Wildman–Crippen LogP) is 21.3. The number of phosphoric acid groups is 1. The zero-order chi connectivity index (χ0) is 57.0. The van der Waals surface area contributed by atoms with Gasteiger partial charge in [-0.15, -0.1) is 0 Å². The lowest BCUT2D eigenvalue weighted by molar-refractivity contribution is -0.870. The highest BCUT2D eigenvalue weighted by molar-refractivity contribution is 7.45.